The van der Waals surface area contributed by atoms with Gasteiger partial charge in [-0.1, -0.05) is 11.8 Å². The van der Waals surface area contributed by atoms with Crippen LogP contribution < -0.4 is 11.3 Å². The molecule has 2 aromatic heterocycles. The molecule has 0 aliphatic carbocycles. The van der Waals surface area contributed by atoms with Gasteiger partial charge in [-0.25, -0.2) is 19.6 Å². The summed E-state index contributed by atoms with van der Waals surface area (Å²) in [6.45, 7) is 0. The molecule has 9 heteroatoms. The molecule has 0 radical (unpaired) electrons. The molecule has 0 spiro atoms. The van der Waals surface area contributed by atoms with E-state index >= 15 is 0 Å². The predicted octanol–water partition coefficient (Wildman–Crippen LogP) is 2.07. The largest absolute Gasteiger partial charge is 0.292 e. The molecular formula is C11H8F2N6S. The molecule has 0 amide bonds. The number of anilines is 1. The van der Waals surface area contributed by atoms with Gasteiger partial charge in [0.1, 0.15) is 16.7 Å². The quantitative estimate of drug-likeness (QED) is 0.389. The van der Waals surface area contributed by atoms with Crippen LogP contribution in [0.25, 0.3) is 11.0 Å². The minimum atomic E-state index is -0.660. The summed E-state index contributed by atoms with van der Waals surface area (Å²) in [4.78, 5) is 8.45. The molecule has 0 saturated carbocycles. The monoisotopic (exact) mass is 294 g/mol. The SMILES string of the molecule is NNc1nc(Sc2ccc(F)cc2F)c2cn[nH]c2n1. The van der Waals surface area contributed by atoms with Crippen LogP contribution in [0.15, 0.2) is 34.3 Å². The molecule has 4 N–H and O–H groups in total. The molecule has 0 aliphatic heterocycles. The summed E-state index contributed by atoms with van der Waals surface area (Å²) in [6.07, 6.45) is 1.53. The van der Waals surface area contributed by atoms with E-state index in [1.807, 2.05) is 0 Å². The summed E-state index contributed by atoms with van der Waals surface area (Å²) >= 11 is 1.04. The Labute approximate surface area is 115 Å². The second kappa shape index (κ2) is 5.02. The number of nitrogens with two attached hydrogens (primary N) is 1. The molecule has 6 nitrogen and oxygen atoms in total. The van der Waals surface area contributed by atoms with Crippen molar-refractivity contribution in [1.29, 1.82) is 0 Å². The maximum atomic E-state index is 13.7. The molecule has 0 unspecified atom stereocenters. The van der Waals surface area contributed by atoms with Crippen LogP contribution in [-0.2, 0) is 0 Å². The number of fused-ring (bicyclic) bond motifs is 1. The molecule has 0 atom stereocenters. The summed E-state index contributed by atoms with van der Waals surface area (Å²) in [5.41, 5.74) is 2.79. The second-order valence-electron chi connectivity index (χ2n) is 3.81. The van der Waals surface area contributed by atoms with Crippen molar-refractivity contribution in [2.75, 3.05) is 5.43 Å². The van der Waals surface area contributed by atoms with Crippen LogP contribution in [-0.4, -0.2) is 20.2 Å². The Kier molecular flexibility index (Phi) is 3.20. The van der Waals surface area contributed by atoms with Crippen LogP contribution in [0.2, 0.25) is 0 Å². The third kappa shape index (κ3) is 2.28. The van der Waals surface area contributed by atoms with Gasteiger partial charge in [0.25, 0.3) is 0 Å². The van der Waals surface area contributed by atoms with Crippen molar-refractivity contribution in [3.63, 3.8) is 0 Å². The number of nitrogen functional groups attached to an aromatic ring is 1. The molecule has 1 aromatic carbocycles. The highest BCUT2D eigenvalue weighted by molar-refractivity contribution is 7.99. The van der Waals surface area contributed by atoms with Crippen LogP contribution >= 0.6 is 11.8 Å². The van der Waals surface area contributed by atoms with Gasteiger partial charge in [-0.2, -0.15) is 10.1 Å². The Morgan fingerprint density at radius 1 is 1.25 bits per heavy atom. The van der Waals surface area contributed by atoms with E-state index in [0.29, 0.717) is 16.1 Å². The van der Waals surface area contributed by atoms with Gasteiger partial charge in [-0.15, -0.1) is 0 Å². The normalized spacial score (nSPS) is 10.9. The number of rotatable bonds is 3. The maximum absolute atomic E-state index is 13.7. The van der Waals surface area contributed by atoms with Gasteiger partial charge in [-0.05, 0) is 12.1 Å². The fourth-order valence-electron chi connectivity index (χ4n) is 1.61. The zero-order chi connectivity index (χ0) is 14.1. The minimum absolute atomic E-state index is 0.173. The van der Waals surface area contributed by atoms with Crippen LogP contribution in [0.5, 0.6) is 0 Å². The summed E-state index contributed by atoms with van der Waals surface area (Å²) in [5, 5.41) is 7.62. The van der Waals surface area contributed by atoms with E-state index in [1.54, 1.807) is 0 Å². The van der Waals surface area contributed by atoms with E-state index < -0.39 is 11.6 Å². The lowest BCUT2D eigenvalue weighted by Gasteiger charge is -2.05. The van der Waals surface area contributed by atoms with Gasteiger partial charge >= 0.3 is 0 Å². The Morgan fingerprint density at radius 2 is 2.10 bits per heavy atom. The maximum Gasteiger partial charge on any atom is 0.240 e. The van der Waals surface area contributed by atoms with Crippen molar-refractivity contribution in [3.8, 4) is 0 Å². The van der Waals surface area contributed by atoms with Crippen molar-refractivity contribution < 1.29 is 8.78 Å². The molecule has 0 saturated heterocycles. The molecule has 0 aliphatic rings. The van der Waals surface area contributed by atoms with Crippen molar-refractivity contribution >= 4 is 28.7 Å². The highest BCUT2D eigenvalue weighted by Crippen LogP contribution is 2.33. The van der Waals surface area contributed by atoms with E-state index in [0.717, 1.165) is 17.8 Å². The summed E-state index contributed by atoms with van der Waals surface area (Å²) < 4.78 is 26.6. The molecule has 3 aromatic rings. The highest BCUT2D eigenvalue weighted by Gasteiger charge is 2.13. The average Bonchev–Trinajstić information content (AvgIpc) is 2.90. The summed E-state index contributed by atoms with van der Waals surface area (Å²) in [5.74, 6) is 4.16. The third-order valence-electron chi connectivity index (χ3n) is 2.50. The number of hydrazine groups is 1. The fraction of sp³-hybridized carbons (Fsp3) is 0. The van der Waals surface area contributed by atoms with E-state index in [1.165, 1.54) is 18.3 Å². The first-order valence-electron chi connectivity index (χ1n) is 5.48. The van der Waals surface area contributed by atoms with E-state index in [2.05, 4.69) is 25.6 Å². The van der Waals surface area contributed by atoms with Gasteiger partial charge in [0, 0.05) is 11.0 Å². The third-order valence-corrected chi connectivity index (χ3v) is 3.56. The molecule has 0 bridgehead atoms. The highest BCUT2D eigenvalue weighted by atomic mass is 32.2. The number of benzene rings is 1. The van der Waals surface area contributed by atoms with E-state index in [4.69, 9.17) is 5.84 Å². The standard InChI is InChI=1S/C11H8F2N6S/c12-5-1-2-8(7(13)3-5)20-10-6-4-15-19-9(6)16-11(17-10)18-14/h1-4H,14H2,(H2,15,16,17,18,19). The van der Waals surface area contributed by atoms with Crippen molar-refractivity contribution in [2.24, 2.45) is 5.84 Å². The van der Waals surface area contributed by atoms with Gasteiger partial charge < -0.3 is 0 Å². The molecule has 2 heterocycles. The fourth-order valence-corrected chi connectivity index (χ4v) is 2.51. The lowest BCUT2D eigenvalue weighted by molar-refractivity contribution is 0.565. The first-order chi connectivity index (χ1) is 9.67. The van der Waals surface area contributed by atoms with Crippen LogP contribution in [0, 0.1) is 11.6 Å². The van der Waals surface area contributed by atoms with Crippen molar-refractivity contribution in [2.45, 2.75) is 9.92 Å². The van der Waals surface area contributed by atoms with Crippen LogP contribution in [0.1, 0.15) is 0 Å². The number of nitrogens with one attached hydrogen (secondary N) is 2. The Morgan fingerprint density at radius 3 is 2.85 bits per heavy atom. The van der Waals surface area contributed by atoms with E-state index in [9.17, 15) is 8.78 Å². The molecule has 102 valence electrons. The van der Waals surface area contributed by atoms with E-state index in [-0.39, 0.29) is 10.8 Å². The average molecular weight is 294 g/mol. The first kappa shape index (κ1) is 12.8. The summed E-state index contributed by atoms with van der Waals surface area (Å²) in [7, 11) is 0. The number of halogens is 2. The zero-order valence-corrected chi connectivity index (χ0v) is 10.7. The zero-order valence-electron chi connectivity index (χ0n) is 9.89. The number of H-pyrrole nitrogens is 1. The lowest BCUT2D eigenvalue weighted by atomic mass is 10.3. The smallest absolute Gasteiger partial charge is 0.240 e. The molecular weight excluding hydrogens is 286 g/mol. The van der Waals surface area contributed by atoms with Crippen LogP contribution in [0.4, 0.5) is 14.7 Å². The Bertz CT molecular complexity index is 775. The number of aromatic nitrogens is 4. The number of nitrogens with zero attached hydrogens (tertiary/aromatic N) is 3. The first-order valence-corrected chi connectivity index (χ1v) is 6.29. The number of hydrogen-bond donors (Lipinski definition) is 3. The molecule has 0 fully saturated rings. The Balaban J connectivity index is 2.07. The molecule has 20 heavy (non-hydrogen) atoms. The van der Waals surface area contributed by atoms with Crippen molar-refractivity contribution in [1.82, 2.24) is 20.2 Å². The minimum Gasteiger partial charge on any atom is -0.292 e. The Hall–Kier alpha value is -2.26. The number of hydrogen-bond acceptors (Lipinski definition) is 6. The van der Waals surface area contributed by atoms with Gasteiger partial charge in [0.05, 0.1) is 11.6 Å². The van der Waals surface area contributed by atoms with Gasteiger partial charge in [-0.3, -0.25) is 10.5 Å². The van der Waals surface area contributed by atoms with Gasteiger partial charge in [0.15, 0.2) is 5.65 Å². The lowest BCUT2D eigenvalue weighted by Crippen LogP contribution is -2.10. The number of aromatic amines is 1. The van der Waals surface area contributed by atoms with Crippen molar-refractivity contribution in [3.05, 3.63) is 36.0 Å². The second-order valence-corrected chi connectivity index (χ2v) is 4.84. The van der Waals surface area contributed by atoms with Crippen LogP contribution in [0.3, 0.4) is 0 Å². The topological polar surface area (TPSA) is 92.5 Å². The predicted molar refractivity (Wildman–Crippen MR) is 70.0 cm³/mol. The van der Waals surface area contributed by atoms with Gasteiger partial charge in [0.2, 0.25) is 5.95 Å². The molecule has 3 rings (SSSR count). The summed E-state index contributed by atoms with van der Waals surface area (Å²) in [6, 6.07) is 3.35.